The number of rotatable bonds is 4. The van der Waals surface area contributed by atoms with Crippen LogP contribution in [-0.4, -0.2) is 22.1 Å². The van der Waals surface area contributed by atoms with Crippen LogP contribution < -0.4 is 11.1 Å². The molecule has 0 spiro atoms. The van der Waals surface area contributed by atoms with Gasteiger partial charge in [-0.1, -0.05) is 59.6 Å². The molecule has 0 aliphatic rings. The van der Waals surface area contributed by atoms with Gasteiger partial charge in [-0.05, 0) is 18.2 Å². The minimum atomic E-state index is -0.630. The van der Waals surface area contributed by atoms with Gasteiger partial charge in [0.25, 0.3) is 5.91 Å². The maximum atomic E-state index is 12.3. The maximum Gasteiger partial charge on any atom is 0.346 e. The molecule has 0 atom stereocenters. The number of halogens is 2. The molecule has 3 aromatic rings. The Hall–Kier alpha value is -2.96. The van der Waals surface area contributed by atoms with Crippen molar-refractivity contribution in [2.45, 2.75) is 0 Å². The quantitative estimate of drug-likeness (QED) is 0.531. The van der Waals surface area contributed by atoms with Gasteiger partial charge in [0.05, 0.1) is 22.0 Å². The Morgan fingerprint density at radius 2 is 1.77 bits per heavy atom. The van der Waals surface area contributed by atoms with Crippen LogP contribution in [0.25, 0.3) is 11.3 Å². The third-order valence-electron chi connectivity index (χ3n) is 3.42. The first-order valence-corrected chi connectivity index (χ1v) is 8.24. The molecule has 6 nitrogen and oxygen atoms in total. The summed E-state index contributed by atoms with van der Waals surface area (Å²) in [6.07, 6.45) is 1.33. The van der Waals surface area contributed by atoms with E-state index in [1.807, 2.05) is 18.2 Å². The number of hydrogen-bond donors (Lipinski definition) is 2. The second kappa shape index (κ2) is 7.95. The highest BCUT2D eigenvalue weighted by atomic mass is 35.5. The fourth-order valence-corrected chi connectivity index (χ4v) is 2.68. The van der Waals surface area contributed by atoms with E-state index in [2.05, 4.69) is 20.5 Å². The zero-order valence-corrected chi connectivity index (χ0v) is 14.8. The lowest BCUT2D eigenvalue weighted by Gasteiger charge is -2.04. The van der Waals surface area contributed by atoms with E-state index in [1.165, 1.54) is 12.3 Å². The Labute approximate surface area is 158 Å². The molecule has 26 heavy (non-hydrogen) atoms. The van der Waals surface area contributed by atoms with Crippen molar-refractivity contribution in [1.29, 1.82) is 0 Å². The minimum absolute atomic E-state index is 0.0336. The molecule has 0 fully saturated rings. The summed E-state index contributed by atoms with van der Waals surface area (Å²) >= 11 is 12.1. The predicted molar refractivity (Wildman–Crippen MR) is 102 cm³/mol. The first-order chi connectivity index (χ1) is 12.5. The van der Waals surface area contributed by atoms with Crippen LogP contribution in [-0.2, 0) is 0 Å². The second-order valence-electron chi connectivity index (χ2n) is 5.19. The number of nitrogens with one attached hydrogen (secondary N) is 2. The van der Waals surface area contributed by atoms with Crippen LogP contribution in [0.5, 0.6) is 0 Å². The molecule has 1 heterocycles. The van der Waals surface area contributed by atoms with Crippen LogP contribution in [0.3, 0.4) is 0 Å². The topological polar surface area (TPSA) is 87.2 Å². The van der Waals surface area contributed by atoms with Crippen LogP contribution >= 0.6 is 23.2 Å². The monoisotopic (exact) mass is 386 g/mol. The summed E-state index contributed by atoms with van der Waals surface area (Å²) in [5.41, 5.74) is 3.31. The average Bonchev–Trinajstić information content (AvgIpc) is 2.64. The highest BCUT2D eigenvalue weighted by molar-refractivity contribution is 6.38. The van der Waals surface area contributed by atoms with Gasteiger partial charge in [0, 0.05) is 11.1 Å². The van der Waals surface area contributed by atoms with E-state index in [-0.39, 0.29) is 5.69 Å². The van der Waals surface area contributed by atoms with E-state index >= 15 is 0 Å². The second-order valence-corrected chi connectivity index (χ2v) is 6.00. The summed E-state index contributed by atoms with van der Waals surface area (Å²) in [5.74, 6) is -0.596. The zero-order chi connectivity index (χ0) is 18.5. The third-order valence-corrected chi connectivity index (χ3v) is 4.08. The number of carbonyl (C=O) groups excluding carboxylic acids is 1. The van der Waals surface area contributed by atoms with Crippen molar-refractivity contribution in [3.05, 3.63) is 86.4 Å². The normalized spacial score (nSPS) is 10.8. The molecule has 0 saturated carbocycles. The molecule has 3 rings (SSSR count). The van der Waals surface area contributed by atoms with Gasteiger partial charge in [-0.3, -0.25) is 4.79 Å². The van der Waals surface area contributed by atoms with E-state index in [4.69, 9.17) is 23.2 Å². The highest BCUT2D eigenvalue weighted by Gasteiger charge is 2.10. The lowest BCUT2D eigenvalue weighted by Crippen LogP contribution is -2.24. The smallest absolute Gasteiger partial charge is 0.301 e. The molecule has 2 N–H and O–H groups in total. The first kappa shape index (κ1) is 17.8. The minimum Gasteiger partial charge on any atom is -0.301 e. The Bertz CT molecular complexity index is 1010. The molecule has 130 valence electrons. The molecule has 0 unspecified atom stereocenters. The van der Waals surface area contributed by atoms with Crippen LogP contribution in [0.15, 0.2) is 64.5 Å². The predicted octanol–water partition coefficient (Wildman–Crippen LogP) is 3.51. The average molecular weight is 387 g/mol. The Morgan fingerprint density at radius 1 is 1.08 bits per heavy atom. The summed E-state index contributed by atoms with van der Waals surface area (Å²) in [6, 6.07) is 15.6. The van der Waals surface area contributed by atoms with Crippen molar-refractivity contribution in [3.63, 3.8) is 0 Å². The Kier molecular flexibility index (Phi) is 5.46. The molecular weight excluding hydrogens is 375 g/mol. The summed E-state index contributed by atoms with van der Waals surface area (Å²) in [6.45, 7) is 0. The van der Waals surface area contributed by atoms with Crippen LogP contribution in [0.4, 0.5) is 0 Å². The molecule has 1 aromatic heterocycles. The van der Waals surface area contributed by atoms with Crippen LogP contribution in [0, 0.1) is 0 Å². The number of benzene rings is 2. The van der Waals surface area contributed by atoms with Crippen molar-refractivity contribution < 1.29 is 4.79 Å². The summed E-state index contributed by atoms with van der Waals surface area (Å²) in [7, 11) is 0. The van der Waals surface area contributed by atoms with Crippen molar-refractivity contribution >= 4 is 35.3 Å². The fraction of sp³-hybridized carbons (Fsp3) is 0. The van der Waals surface area contributed by atoms with Gasteiger partial charge in [0.2, 0.25) is 0 Å². The number of hydrogen-bond acceptors (Lipinski definition) is 4. The molecule has 0 radical (unpaired) electrons. The van der Waals surface area contributed by atoms with Crippen LogP contribution in [0.1, 0.15) is 16.1 Å². The largest absolute Gasteiger partial charge is 0.346 e. The number of nitrogens with zero attached hydrogens (tertiary/aromatic N) is 2. The lowest BCUT2D eigenvalue weighted by atomic mass is 10.1. The van der Waals surface area contributed by atoms with E-state index in [0.717, 1.165) is 5.56 Å². The molecule has 1 amide bonds. The van der Waals surface area contributed by atoms with Crippen molar-refractivity contribution in [3.8, 4) is 11.3 Å². The SMILES string of the molecule is O=C(N/N=C/c1c(Cl)cccc1Cl)c1cc(-c2ccccc2)nc(=O)[nH]1. The highest BCUT2D eigenvalue weighted by Crippen LogP contribution is 2.22. The van der Waals surface area contributed by atoms with Crippen molar-refractivity contribution in [1.82, 2.24) is 15.4 Å². The van der Waals surface area contributed by atoms with Gasteiger partial charge in [-0.25, -0.2) is 10.2 Å². The van der Waals surface area contributed by atoms with E-state index in [0.29, 0.717) is 21.3 Å². The molecule has 0 aliphatic heterocycles. The number of amides is 1. The fourth-order valence-electron chi connectivity index (χ4n) is 2.19. The van der Waals surface area contributed by atoms with E-state index < -0.39 is 11.6 Å². The standard InChI is InChI=1S/C18H12Cl2N4O2/c19-13-7-4-8-14(20)12(13)10-21-24-17(25)16-9-15(22-18(26)23-16)11-5-2-1-3-6-11/h1-10H,(H,24,25)(H,22,23,26)/b21-10+. The number of carbonyl (C=O) groups is 1. The van der Waals surface area contributed by atoms with Crippen molar-refractivity contribution in [2.24, 2.45) is 5.10 Å². The van der Waals surface area contributed by atoms with E-state index in [9.17, 15) is 9.59 Å². The molecule has 2 aromatic carbocycles. The lowest BCUT2D eigenvalue weighted by molar-refractivity contribution is 0.0949. The number of H-pyrrole nitrogens is 1. The molecule has 8 heteroatoms. The summed E-state index contributed by atoms with van der Waals surface area (Å²) in [5, 5.41) is 4.64. The third kappa shape index (κ3) is 4.17. The number of aromatic amines is 1. The van der Waals surface area contributed by atoms with Gasteiger partial charge in [-0.15, -0.1) is 0 Å². The van der Waals surface area contributed by atoms with Gasteiger partial charge < -0.3 is 4.98 Å². The molecule has 0 saturated heterocycles. The Balaban J connectivity index is 1.81. The van der Waals surface area contributed by atoms with Gasteiger partial charge in [-0.2, -0.15) is 10.1 Å². The van der Waals surface area contributed by atoms with Gasteiger partial charge >= 0.3 is 5.69 Å². The van der Waals surface area contributed by atoms with Crippen molar-refractivity contribution in [2.75, 3.05) is 0 Å². The maximum absolute atomic E-state index is 12.3. The van der Waals surface area contributed by atoms with Gasteiger partial charge in [0.1, 0.15) is 5.69 Å². The summed E-state index contributed by atoms with van der Waals surface area (Å²) < 4.78 is 0. The first-order valence-electron chi connectivity index (χ1n) is 7.49. The van der Waals surface area contributed by atoms with Crippen LogP contribution in [0.2, 0.25) is 10.0 Å². The van der Waals surface area contributed by atoms with Gasteiger partial charge in [0.15, 0.2) is 0 Å². The summed E-state index contributed by atoms with van der Waals surface area (Å²) in [4.78, 5) is 30.3. The van der Waals surface area contributed by atoms with E-state index in [1.54, 1.807) is 30.3 Å². The number of hydrazone groups is 1. The zero-order valence-electron chi connectivity index (χ0n) is 13.2. The molecular formula is C18H12Cl2N4O2. The number of aromatic nitrogens is 2. The molecule has 0 bridgehead atoms. The Morgan fingerprint density at radius 3 is 2.46 bits per heavy atom. The molecule has 0 aliphatic carbocycles.